The zero-order valence-corrected chi connectivity index (χ0v) is 17.5. The van der Waals surface area contributed by atoms with E-state index < -0.39 is 28.1 Å². The average molecular weight is 439 g/mol. The van der Waals surface area contributed by atoms with Gasteiger partial charge in [0.2, 0.25) is 10.0 Å². The van der Waals surface area contributed by atoms with Gasteiger partial charge in [-0.05, 0) is 51.2 Å². The minimum absolute atomic E-state index is 0.0305. The highest BCUT2D eigenvalue weighted by Crippen LogP contribution is 2.30. The summed E-state index contributed by atoms with van der Waals surface area (Å²) in [5, 5.41) is 2.78. The number of aromatic nitrogens is 2. The Labute approximate surface area is 172 Å². The van der Waals surface area contributed by atoms with Crippen molar-refractivity contribution in [3.05, 3.63) is 18.2 Å². The lowest BCUT2D eigenvalue weighted by Crippen LogP contribution is -2.50. The lowest BCUT2D eigenvalue weighted by molar-refractivity contribution is -0.159. The van der Waals surface area contributed by atoms with Crippen LogP contribution in [0.1, 0.15) is 39.0 Å². The Morgan fingerprint density at radius 1 is 1.24 bits per heavy atom. The maximum absolute atomic E-state index is 13.4. The summed E-state index contributed by atoms with van der Waals surface area (Å²) in [7, 11) is -3.98. The molecule has 2 aliphatic rings. The van der Waals surface area contributed by atoms with Crippen LogP contribution in [0.25, 0.3) is 11.0 Å². The Balaban J connectivity index is 1.55. The number of amides is 1. The minimum atomic E-state index is -3.98. The summed E-state index contributed by atoms with van der Waals surface area (Å²) in [5.41, 5.74) is 0.796. The molecular weight excluding hydrogens is 416 g/mol. The highest BCUT2D eigenvalue weighted by Gasteiger charge is 2.40. The molecule has 2 fully saturated rings. The second-order valence-electron chi connectivity index (χ2n) is 7.38. The first kappa shape index (κ1) is 20.2. The van der Waals surface area contributed by atoms with E-state index in [1.807, 2.05) is 0 Å². The normalized spacial score (nSPS) is 21.6. The van der Waals surface area contributed by atoms with Crippen LogP contribution in [0.3, 0.4) is 0 Å². The number of nitrogens with one attached hydrogen (secondary N) is 1. The number of nitrogens with zero attached hydrogens (tertiary/aromatic N) is 3. The van der Waals surface area contributed by atoms with Gasteiger partial charge in [0.25, 0.3) is 5.91 Å². The first-order valence-corrected chi connectivity index (χ1v) is 11.8. The number of hydrogen-bond acceptors (Lipinski definition) is 8. The van der Waals surface area contributed by atoms with Gasteiger partial charge in [0.05, 0.1) is 11.7 Å². The number of carbonyl (C=O) groups is 2. The van der Waals surface area contributed by atoms with Crippen molar-refractivity contribution in [1.29, 1.82) is 0 Å². The van der Waals surface area contributed by atoms with Gasteiger partial charge in [0.15, 0.2) is 6.10 Å². The van der Waals surface area contributed by atoms with Crippen molar-refractivity contribution in [3.8, 4) is 0 Å². The second-order valence-corrected chi connectivity index (χ2v) is 9.76. The largest absolute Gasteiger partial charge is 0.451 e. The zero-order valence-electron chi connectivity index (χ0n) is 15.9. The highest BCUT2D eigenvalue weighted by atomic mass is 32.2. The van der Waals surface area contributed by atoms with E-state index in [4.69, 9.17) is 4.74 Å². The van der Waals surface area contributed by atoms with Gasteiger partial charge < -0.3 is 10.1 Å². The third kappa shape index (κ3) is 4.12. The van der Waals surface area contributed by atoms with Crippen LogP contribution in [0.15, 0.2) is 23.1 Å². The maximum atomic E-state index is 13.4. The fraction of sp³-hybridized carbons (Fsp3) is 0.556. The molecule has 9 nitrogen and oxygen atoms in total. The third-order valence-electron chi connectivity index (χ3n) is 5.15. The molecule has 1 amide bonds. The molecule has 1 saturated heterocycles. The second kappa shape index (κ2) is 7.96. The van der Waals surface area contributed by atoms with Crippen LogP contribution in [-0.4, -0.2) is 58.1 Å². The van der Waals surface area contributed by atoms with Crippen molar-refractivity contribution in [2.24, 2.45) is 0 Å². The number of rotatable bonds is 6. The van der Waals surface area contributed by atoms with E-state index in [1.165, 1.54) is 17.3 Å². The SMILES string of the molecule is C[C@@H](OC(=O)[C@H]1CCCCN1S(=O)(=O)c1cccc2nsnc12)C(=O)NC1CC1. The third-order valence-corrected chi connectivity index (χ3v) is 7.63. The van der Waals surface area contributed by atoms with Gasteiger partial charge in [-0.25, -0.2) is 8.42 Å². The van der Waals surface area contributed by atoms with E-state index >= 15 is 0 Å². The molecule has 0 spiro atoms. The molecule has 2 heterocycles. The van der Waals surface area contributed by atoms with E-state index in [1.54, 1.807) is 12.1 Å². The number of carbonyl (C=O) groups excluding carboxylic acids is 2. The molecule has 1 aliphatic carbocycles. The first-order valence-electron chi connectivity index (χ1n) is 9.62. The number of ether oxygens (including phenoxy) is 1. The molecule has 1 aromatic carbocycles. The van der Waals surface area contributed by atoms with E-state index in [9.17, 15) is 18.0 Å². The van der Waals surface area contributed by atoms with Crippen LogP contribution in [0, 0.1) is 0 Å². The van der Waals surface area contributed by atoms with Crippen LogP contribution in [0.5, 0.6) is 0 Å². The molecule has 0 bridgehead atoms. The Morgan fingerprint density at radius 3 is 2.79 bits per heavy atom. The summed E-state index contributed by atoms with van der Waals surface area (Å²) in [5.74, 6) is -1.06. The predicted octanol–water partition coefficient (Wildman–Crippen LogP) is 1.44. The molecule has 1 aromatic heterocycles. The quantitative estimate of drug-likeness (QED) is 0.678. The number of esters is 1. The van der Waals surface area contributed by atoms with Crippen molar-refractivity contribution in [3.63, 3.8) is 0 Å². The number of sulfonamides is 1. The van der Waals surface area contributed by atoms with Crippen molar-refractivity contribution < 1.29 is 22.7 Å². The van der Waals surface area contributed by atoms with E-state index in [0.717, 1.165) is 24.6 Å². The summed E-state index contributed by atoms with van der Waals surface area (Å²) in [6.07, 6.45) is 2.58. The van der Waals surface area contributed by atoms with Crippen LogP contribution < -0.4 is 5.32 Å². The van der Waals surface area contributed by atoms with Crippen molar-refractivity contribution in [2.45, 2.75) is 62.1 Å². The molecule has 1 saturated carbocycles. The average Bonchev–Trinajstić information content (AvgIpc) is 3.39. The van der Waals surface area contributed by atoms with Gasteiger partial charge in [0, 0.05) is 12.6 Å². The molecule has 11 heteroatoms. The fourth-order valence-electron chi connectivity index (χ4n) is 3.40. The number of fused-ring (bicyclic) bond motifs is 1. The lowest BCUT2D eigenvalue weighted by atomic mass is 10.1. The smallest absolute Gasteiger partial charge is 0.325 e. The minimum Gasteiger partial charge on any atom is -0.451 e. The summed E-state index contributed by atoms with van der Waals surface area (Å²) in [6, 6.07) is 3.97. The monoisotopic (exact) mass is 438 g/mol. The molecule has 1 aliphatic heterocycles. The summed E-state index contributed by atoms with van der Waals surface area (Å²) in [4.78, 5) is 24.9. The molecule has 1 N–H and O–H groups in total. The molecule has 156 valence electrons. The van der Waals surface area contributed by atoms with Crippen molar-refractivity contribution in [2.75, 3.05) is 6.54 Å². The molecule has 29 heavy (non-hydrogen) atoms. The fourth-order valence-corrected chi connectivity index (χ4v) is 5.80. The molecular formula is C18H22N4O5S2. The van der Waals surface area contributed by atoms with Crippen LogP contribution in [0.4, 0.5) is 0 Å². The van der Waals surface area contributed by atoms with Crippen molar-refractivity contribution in [1.82, 2.24) is 18.4 Å². The Kier molecular flexibility index (Phi) is 5.54. The standard InChI is InChI=1S/C18H22N4O5S2/c1-11(17(23)19-12-8-9-12)27-18(24)14-6-2-3-10-22(14)29(25,26)15-7-4-5-13-16(15)21-28-20-13/h4-5,7,11-12,14H,2-3,6,8-10H2,1H3,(H,19,23)/t11-,14-/m1/s1. The number of hydrogen-bond donors (Lipinski definition) is 1. The number of piperidine rings is 1. The van der Waals surface area contributed by atoms with Crippen LogP contribution in [-0.2, 0) is 24.3 Å². The Bertz CT molecular complexity index is 1030. The van der Waals surface area contributed by atoms with E-state index in [-0.39, 0.29) is 23.4 Å². The van der Waals surface area contributed by atoms with Gasteiger partial charge >= 0.3 is 5.97 Å². The Hall–Kier alpha value is -2.11. The summed E-state index contributed by atoms with van der Waals surface area (Å²) in [6.45, 7) is 1.71. The van der Waals surface area contributed by atoms with Gasteiger partial charge in [-0.2, -0.15) is 13.1 Å². The summed E-state index contributed by atoms with van der Waals surface area (Å²) < 4.78 is 41.4. The van der Waals surface area contributed by atoms with Crippen LogP contribution >= 0.6 is 11.7 Å². The van der Waals surface area contributed by atoms with Crippen molar-refractivity contribution >= 4 is 44.7 Å². The Morgan fingerprint density at radius 2 is 2.03 bits per heavy atom. The van der Waals surface area contributed by atoms with E-state index in [2.05, 4.69) is 14.1 Å². The van der Waals surface area contributed by atoms with Crippen LogP contribution in [0.2, 0.25) is 0 Å². The highest BCUT2D eigenvalue weighted by molar-refractivity contribution is 7.89. The van der Waals surface area contributed by atoms with Gasteiger partial charge in [-0.1, -0.05) is 6.07 Å². The van der Waals surface area contributed by atoms with E-state index in [0.29, 0.717) is 30.3 Å². The molecule has 0 unspecified atom stereocenters. The van der Waals surface area contributed by atoms with Gasteiger partial charge in [0.1, 0.15) is 22.0 Å². The topological polar surface area (TPSA) is 119 Å². The molecule has 4 rings (SSSR count). The summed E-state index contributed by atoms with van der Waals surface area (Å²) >= 11 is 0.939. The van der Waals surface area contributed by atoms with Gasteiger partial charge in [-0.15, -0.1) is 0 Å². The molecule has 2 aromatic rings. The predicted molar refractivity (Wildman–Crippen MR) is 106 cm³/mol. The zero-order chi connectivity index (χ0) is 20.6. The molecule has 0 radical (unpaired) electrons. The molecule has 2 atom stereocenters. The van der Waals surface area contributed by atoms with Gasteiger partial charge in [-0.3, -0.25) is 9.59 Å². The maximum Gasteiger partial charge on any atom is 0.325 e. The number of benzene rings is 1. The first-order chi connectivity index (χ1) is 13.9. The lowest BCUT2D eigenvalue weighted by Gasteiger charge is -2.33.